The van der Waals surface area contributed by atoms with Crippen LogP contribution in [-0.2, 0) is 11.3 Å². The van der Waals surface area contributed by atoms with E-state index in [4.69, 9.17) is 4.74 Å². The molecule has 3 N–H and O–H groups in total. The molecule has 0 saturated carbocycles. The number of likely N-dealkylation sites (tertiary alicyclic amines) is 2. The highest BCUT2D eigenvalue weighted by molar-refractivity contribution is 5.69. The lowest BCUT2D eigenvalue weighted by Crippen LogP contribution is -2.31. The first-order chi connectivity index (χ1) is 22.0. The molecule has 2 fully saturated rings. The highest BCUT2D eigenvalue weighted by Gasteiger charge is 2.33. The highest BCUT2D eigenvalue weighted by Crippen LogP contribution is 2.33. The summed E-state index contributed by atoms with van der Waals surface area (Å²) in [7, 11) is 0. The largest absolute Gasteiger partial charge is 0.465 e. The second-order valence-electron chi connectivity index (χ2n) is 11.3. The fraction of sp³-hybridized carbons (Fsp3) is 0.273. The molecule has 2 aliphatic heterocycles. The van der Waals surface area contributed by atoms with Gasteiger partial charge in [0.2, 0.25) is 0 Å². The maximum absolute atomic E-state index is 12.9. The second-order valence-corrected chi connectivity index (χ2v) is 11.3. The minimum Gasteiger partial charge on any atom is -0.465 e. The normalized spacial score (nSPS) is 18.0. The van der Waals surface area contributed by atoms with Crippen molar-refractivity contribution in [2.45, 2.75) is 44.4 Å². The average molecular weight is 605 g/mol. The fourth-order valence-electron chi connectivity index (χ4n) is 6.07. The minimum atomic E-state index is -0.931. The Labute approximate surface area is 259 Å². The van der Waals surface area contributed by atoms with Crippen LogP contribution in [0.15, 0.2) is 79.4 Å². The zero-order valence-electron chi connectivity index (χ0n) is 24.5. The standard InChI is InChI=1S/C33H32N8O4/c42-32(43)40-14-4-8-27(40)30-37-19-26(39-30)24-16-34-29(35-17-24)23-12-10-22(11-13-23)25-18-36-31(38-25)28-9-5-15-41(28)33(44)45-20-21-6-2-1-3-7-21/h1-3,6-7,10-13,16-19,27-28H,4-5,8-9,14-15,20H2,(H,36,38)(H,37,39)(H,42,43). The van der Waals surface area contributed by atoms with E-state index in [0.717, 1.165) is 65.1 Å². The van der Waals surface area contributed by atoms with Crippen LogP contribution in [-0.4, -0.2) is 70.1 Å². The third-order valence-electron chi connectivity index (χ3n) is 8.43. The molecule has 2 amide bonds. The topological polar surface area (TPSA) is 153 Å². The minimum absolute atomic E-state index is 0.159. The van der Waals surface area contributed by atoms with Gasteiger partial charge in [-0.15, -0.1) is 0 Å². The summed E-state index contributed by atoms with van der Waals surface area (Å²) >= 11 is 0. The van der Waals surface area contributed by atoms with Crippen molar-refractivity contribution in [2.75, 3.05) is 13.1 Å². The van der Waals surface area contributed by atoms with Crippen LogP contribution in [0.2, 0.25) is 0 Å². The molecule has 228 valence electrons. The number of H-pyrrole nitrogens is 2. The first-order valence-corrected chi connectivity index (χ1v) is 15.0. The van der Waals surface area contributed by atoms with Gasteiger partial charge in [0.1, 0.15) is 18.3 Å². The van der Waals surface area contributed by atoms with E-state index < -0.39 is 6.09 Å². The lowest BCUT2D eigenvalue weighted by Gasteiger charge is -2.22. The van der Waals surface area contributed by atoms with Crippen LogP contribution in [0.5, 0.6) is 0 Å². The van der Waals surface area contributed by atoms with Gasteiger partial charge in [-0.2, -0.15) is 0 Å². The van der Waals surface area contributed by atoms with Gasteiger partial charge in [-0.25, -0.2) is 29.5 Å². The van der Waals surface area contributed by atoms with E-state index in [1.54, 1.807) is 29.7 Å². The van der Waals surface area contributed by atoms with E-state index in [1.165, 1.54) is 4.90 Å². The number of carbonyl (C=O) groups is 2. The zero-order chi connectivity index (χ0) is 30.8. The molecule has 12 nitrogen and oxygen atoms in total. The van der Waals surface area contributed by atoms with Gasteiger partial charge in [0.25, 0.3) is 0 Å². The molecule has 0 radical (unpaired) electrons. The number of imidazole rings is 2. The Morgan fingerprint density at radius 2 is 1.31 bits per heavy atom. The predicted molar refractivity (Wildman–Crippen MR) is 165 cm³/mol. The maximum atomic E-state index is 12.9. The lowest BCUT2D eigenvalue weighted by molar-refractivity contribution is 0.0909. The number of aromatic amines is 2. The third kappa shape index (κ3) is 5.86. The summed E-state index contributed by atoms with van der Waals surface area (Å²) in [5.74, 6) is 1.96. The van der Waals surface area contributed by atoms with Gasteiger partial charge in [-0.05, 0) is 36.8 Å². The van der Waals surface area contributed by atoms with Crippen LogP contribution in [0, 0.1) is 0 Å². The molecule has 5 aromatic rings. The van der Waals surface area contributed by atoms with E-state index in [9.17, 15) is 14.7 Å². The SMILES string of the molecule is O=C(O)N1CCCC1c1ncc(-c2cnc(-c3ccc(-c4cnc(C5CCCN5C(=O)OCc5ccccc5)[nH]4)cc3)nc2)[nH]1. The number of rotatable bonds is 7. The Hall–Kier alpha value is -5.52. The monoisotopic (exact) mass is 604 g/mol. The summed E-state index contributed by atoms with van der Waals surface area (Å²) in [6.07, 6.45) is 8.96. The Kier molecular flexibility index (Phi) is 7.68. The molecular weight excluding hydrogens is 572 g/mol. The molecule has 2 aliphatic rings. The summed E-state index contributed by atoms with van der Waals surface area (Å²) in [6, 6.07) is 17.1. The van der Waals surface area contributed by atoms with Crippen LogP contribution < -0.4 is 0 Å². The smallest absolute Gasteiger partial charge is 0.410 e. The van der Waals surface area contributed by atoms with Crippen LogP contribution in [0.4, 0.5) is 9.59 Å². The average Bonchev–Trinajstić information content (AvgIpc) is 3.90. The molecule has 3 aromatic heterocycles. The third-order valence-corrected chi connectivity index (χ3v) is 8.43. The molecular formula is C33H32N8O4. The summed E-state index contributed by atoms with van der Waals surface area (Å²) in [5.41, 5.74) is 5.14. The molecule has 2 saturated heterocycles. The molecule has 0 aliphatic carbocycles. The van der Waals surface area contributed by atoms with Crippen molar-refractivity contribution in [3.05, 3.63) is 96.6 Å². The molecule has 45 heavy (non-hydrogen) atoms. The van der Waals surface area contributed by atoms with Gasteiger partial charge in [0.15, 0.2) is 5.82 Å². The molecule has 2 atom stereocenters. The van der Waals surface area contributed by atoms with Crippen LogP contribution >= 0.6 is 0 Å². The number of benzene rings is 2. The van der Waals surface area contributed by atoms with Crippen molar-refractivity contribution < 1.29 is 19.4 Å². The molecule has 7 rings (SSSR count). The Bertz CT molecular complexity index is 1790. The van der Waals surface area contributed by atoms with Crippen molar-refractivity contribution in [1.82, 2.24) is 39.7 Å². The summed E-state index contributed by atoms with van der Waals surface area (Å²) < 4.78 is 5.58. The first kappa shape index (κ1) is 28.3. The molecule has 2 unspecified atom stereocenters. The summed E-state index contributed by atoms with van der Waals surface area (Å²) in [4.78, 5) is 52.4. The van der Waals surface area contributed by atoms with Crippen LogP contribution in [0.3, 0.4) is 0 Å². The molecule has 0 bridgehead atoms. The van der Waals surface area contributed by atoms with Crippen molar-refractivity contribution in [1.29, 1.82) is 0 Å². The maximum Gasteiger partial charge on any atom is 0.410 e. The van der Waals surface area contributed by atoms with E-state index in [2.05, 4.69) is 29.9 Å². The van der Waals surface area contributed by atoms with Gasteiger partial charge < -0.3 is 19.8 Å². The number of amides is 2. The van der Waals surface area contributed by atoms with Crippen molar-refractivity contribution >= 4 is 12.2 Å². The molecule has 12 heteroatoms. The number of nitrogens with one attached hydrogen (secondary N) is 2. The molecule has 5 heterocycles. The zero-order valence-corrected chi connectivity index (χ0v) is 24.5. The number of nitrogens with zero attached hydrogens (tertiary/aromatic N) is 6. The summed E-state index contributed by atoms with van der Waals surface area (Å²) in [5, 5.41) is 9.45. The number of carbonyl (C=O) groups excluding carboxylic acids is 1. The van der Waals surface area contributed by atoms with Gasteiger partial charge in [-0.3, -0.25) is 9.80 Å². The van der Waals surface area contributed by atoms with Crippen molar-refractivity contribution in [3.8, 4) is 33.9 Å². The lowest BCUT2D eigenvalue weighted by atomic mass is 10.1. The second kappa shape index (κ2) is 12.2. The van der Waals surface area contributed by atoms with E-state index in [1.807, 2.05) is 54.6 Å². The summed E-state index contributed by atoms with van der Waals surface area (Å²) in [6.45, 7) is 1.38. The highest BCUT2D eigenvalue weighted by atomic mass is 16.6. The van der Waals surface area contributed by atoms with Gasteiger partial charge in [0, 0.05) is 36.6 Å². The molecule has 0 spiro atoms. The number of carboxylic acid groups (broad SMARTS) is 1. The van der Waals surface area contributed by atoms with Crippen molar-refractivity contribution in [3.63, 3.8) is 0 Å². The Morgan fingerprint density at radius 3 is 1.96 bits per heavy atom. The number of ether oxygens (including phenoxy) is 1. The van der Waals surface area contributed by atoms with Crippen LogP contribution in [0.25, 0.3) is 33.9 Å². The van der Waals surface area contributed by atoms with Crippen molar-refractivity contribution in [2.24, 2.45) is 0 Å². The van der Waals surface area contributed by atoms with Gasteiger partial charge >= 0.3 is 12.2 Å². The molecule has 2 aromatic carbocycles. The predicted octanol–water partition coefficient (Wildman–Crippen LogP) is 6.21. The number of hydrogen-bond donors (Lipinski definition) is 3. The number of aromatic nitrogens is 6. The van der Waals surface area contributed by atoms with Crippen LogP contribution in [0.1, 0.15) is 55.0 Å². The van der Waals surface area contributed by atoms with E-state index in [0.29, 0.717) is 24.7 Å². The van der Waals surface area contributed by atoms with E-state index in [-0.39, 0.29) is 24.8 Å². The van der Waals surface area contributed by atoms with Gasteiger partial charge in [0.05, 0.1) is 35.9 Å². The Balaban J connectivity index is 0.997. The van der Waals surface area contributed by atoms with Gasteiger partial charge in [-0.1, -0.05) is 54.6 Å². The quantitative estimate of drug-likeness (QED) is 0.198. The number of hydrogen-bond acceptors (Lipinski definition) is 7. The van der Waals surface area contributed by atoms with E-state index >= 15 is 0 Å². The fourth-order valence-corrected chi connectivity index (χ4v) is 6.07. The first-order valence-electron chi connectivity index (χ1n) is 15.0. The Morgan fingerprint density at radius 1 is 0.733 bits per heavy atom.